The molecule has 3 rings (SSSR count). The molecule has 0 fully saturated rings. The van der Waals surface area contributed by atoms with Gasteiger partial charge in [0.05, 0.1) is 0 Å². The van der Waals surface area contributed by atoms with Crippen LogP contribution in [-0.2, 0) is 0 Å². The second-order valence-corrected chi connectivity index (χ2v) is 6.95. The number of allylic oxidation sites excluding steroid dienone is 2. The van der Waals surface area contributed by atoms with E-state index in [0.29, 0.717) is 21.2 Å². The van der Waals surface area contributed by atoms with Gasteiger partial charge in [0.15, 0.2) is 11.6 Å². The first-order valence-corrected chi connectivity index (χ1v) is 9.33. The maximum absolute atomic E-state index is 12.4. The van der Waals surface area contributed by atoms with Crippen molar-refractivity contribution in [2.24, 2.45) is 0 Å². The van der Waals surface area contributed by atoms with Gasteiger partial charge in [-0.15, -0.1) is 0 Å². The summed E-state index contributed by atoms with van der Waals surface area (Å²) in [5, 5.41) is 1.28. The molecule has 3 aromatic rings. The second kappa shape index (κ2) is 9.32. The van der Waals surface area contributed by atoms with Crippen LogP contribution in [-0.4, -0.2) is 11.6 Å². The van der Waals surface area contributed by atoms with Crippen LogP contribution >= 0.6 is 23.2 Å². The predicted molar refractivity (Wildman–Crippen MR) is 116 cm³/mol. The van der Waals surface area contributed by atoms with E-state index in [-0.39, 0.29) is 11.6 Å². The number of hydrogen-bond donors (Lipinski definition) is 0. The molecule has 0 aliphatic carbocycles. The van der Waals surface area contributed by atoms with Crippen LogP contribution in [0.1, 0.15) is 31.8 Å². The van der Waals surface area contributed by atoms with Crippen LogP contribution in [0.4, 0.5) is 0 Å². The first kappa shape index (κ1) is 19.8. The zero-order chi connectivity index (χ0) is 19.9. The largest absolute Gasteiger partial charge is 0.289 e. The van der Waals surface area contributed by atoms with E-state index >= 15 is 0 Å². The lowest BCUT2D eigenvalue weighted by Gasteiger charge is -2.00. The quantitative estimate of drug-likeness (QED) is 0.333. The van der Waals surface area contributed by atoms with Gasteiger partial charge in [-0.2, -0.15) is 0 Å². The molecule has 0 radical (unpaired) electrons. The van der Waals surface area contributed by atoms with Crippen molar-refractivity contribution < 1.29 is 9.59 Å². The van der Waals surface area contributed by atoms with Crippen LogP contribution in [0.25, 0.3) is 12.2 Å². The van der Waals surface area contributed by atoms with E-state index in [2.05, 4.69) is 0 Å². The molecule has 0 heterocycles. The summed E-state index contributed by atoms with van der Waals surface area (Å²) in [7, 11) is 0. The third kappa shape index (κ3) is 5.53. The Labute approximate surface area is 173 Å². The maximum Gasteiger partial charge on any atom is 0.185 e. The number of carbonyl (C=O) groups is 2. The highest BCUT2D eigenvalue weighted by molar-refractivity contribution is 6.30. The van der Waals surface area contributed by atoms with Crippen LogP contribution in [0.15, 0.2) is 84.9 Å². The third-order valence-corrected chi connectivity index (χ3v) is 4.53. The smallest absolute Gasteiger partial charge is 0.185 e. The Balaban J connectivity index is 1.71. The highest BCUT2D eigenvalue weighted by atomic mass is 35.5. The standard InChI is InChI=1S/C24H16Cl2O2/c25-21-10-4-17(5-11-21)8-14-23(27)19-2-1-3-20(16-19)24(28)15-9-18-6-12-22(26)13-7-18/h1-16H. The first-order valence-electron chi connectivity index (χ1n) is 8.57. The van der Waals surface area contributed by atoms with Gasteiger partial charge in [-0.3, -0.25) is 9.59 Å². The molecule has 0 aromatic heterocycles. The molecule has 0 aliphatic heterocycles. The van der Waals surface area contributed by atoms with Gasteiger partial charge in [-0.25, -0.2) is 0 Å². The van der Waals surface area contributed by atoms with E-state index in [4.69, 9.17) is 23.2 Å². The Morgan fingerprint density at radius 3 is 1.39 bits per heavy atom. The van der Waals surface area contributed by atoms with Crippen molar-refractivity contribution >= 4 is 46.9 Å². The highest BCUT2D eigenvalue weighted by Crippen LogP contribution is 2.14. The number of ketones is 2. The van der Waals surface area contributed by atoms with Crippen LogP contribution < -0.4 is 0 Å². The van der Waals surface area contributed by atoms with Crippen molar-refractivity contribution in [3.63, 3.8) is 0 Å². The Morgan fingerprint density at radius 2 is 1.00 bits per heavy atom. The molecule has 0 saturated heterocycles. The average Bonchev–Trinajstić information content (AvgIpc) is 2.72. The van der Waals surface area contributed by atoms with Crippen molar-refractivity contribution in [2.45, 2.75) is 0 Å². The van der Waals surface area contributed by atoms with Gasteiger partial charge < -0.3 is 0 Å². The van der Waals surface area contributed by atoms with E-state index < -0.39 is 0 Å². The molecule has 0 aliphatic rings. The molecular formula is C24H16Cl2O2. The number of hydrogen-bond acceptors (Lipinski definition) is 2. The summed E-state index contributed by atoms with van der Waals surface area (Å²) in [6.45, 7) is 0. The number of rotatable bonds is 6. The Kier molecular flexibility index (Phi) is 6.59. The van der Waals surface area contributed by atoms with Gasteiger partial charge in [0.1, 0.15) is 0 Å². The fourth-order valence-electron chi connectivity index (χ4n) is 2.51. The summed E-state index contributed by atoms with van der Waals surface area (Å²) in [4.78, 5) is 24.8. The summed E-state index contributed by atoms with van der Waals surface area (Å²) in [6, 6.07) is 21.0. The number of halogens is 2. The first-order chi connectivity index (χ1) is 13.5. The summed E-state index contributed by atoms with van der Waals surface area (Å²) in [6.07, 6.45) is 6.40. The molecule has 0 saturated carbocycles. The maximum atomic E-state index is 12.4. The number of carbonyl (C=O) groups excluding carboxylic acids is 2. The molecule has 3 aromatic carbocycles. The fraction of sp³-hybridized carbons (Fsp3) is 0. The van der Waals surface area contributed by atoms with E-state index in [1.165, 1.54) is 12.2 Å². The van der Waals surface area contributed by atoms with E-state index in [0.717, 1.165) is 11.1 Å². The molecule has 4 heteroatoms. The second-order valence-electron chi connectivity index (χ2n) is 6.08. The molecule has 2 nitrogen and oxygen atoms in total. The SMILES string of the molecule is O=C(C=Cc1ccc(Cl)cc1)c1cccc(C(=O)C=Cc2ccc(Cl)cc2)c1. The van der Waals surface area contributed by atoms with Gasteiger partial charge >= 0.3 is 0 Å². The van der Waals surface area contributed by atoms with Crippen LogP contribution in [0.2, 0.25) is 10.0 Å². The van der Waals surface area contributed by atoms with Gasteiger partial charge in [0, 0.05) is 21.2 Å². The van der Waals surface area contributed by atoms with Crippen LogP contribution in [0.5, 0.6) is 0 Å². The fourth-order valence-corrected chi connectivity index (χ4v) is 2.76. The molecule has 0 amide bonds. The summed E-state index contributed by atoms with van der Waals surface area (Å²) in [5.74, 6) is -0.349. The van der Waals surface area contributed by atoms with Gasteiger partial charge in [0.2, 0.25) is 0 Å². The molecule has 0 N–H and O–H groups in total. The van der Waals surface area contributed by atoms with E-state index in [1.807, 2.05) is 24.3 Å². The molecule has 0 atom stereocenters. The number of benzene rings is 3. The van der Waals surface area contributed by atoms with Crippen molar-refractivity contribution in [1.29, 1.82) is 0 Å². The summed E-state index contributed by atoms with van der Waals surface area (Å²) in [5.41, 5.74) is 2.65. The van der Waals surface area contributed by atoms with E-state index in [9.17, 15) is 9.59 Å². The minimum atomic E-state index is -0.175. The monoisotopic (exact) mass is 406 g/mol. The van der Waals surface area contributed by atoms with Crippen LogP contribution in [0.3, 0.4) is 0 Å². The zero-order valence-corrected chi connectivity index (χ0v) is 16.3. The molecule has 0 unspecified atom stereocenters. The third-order valence-electron chi connectivity index (χ3n) is 4.03. The Morgan fingerprint density at radius 1 is 0.607 bits per heavy atom. The Hall–Kier alpha value is -2.94. The average molecular weight is 407 g/mol. The summed E-state index contributed by atoms with van der Waals surface area (Å²) < 4.78 is 0. The molecule has 0 spiro atoms. The molecular weight excluding hydrogens is 391 g/mol. The van der Waals surface area contributed by atoms with Crippen molar-refractivity contribution in [3.05, 3.63) is 117 Å². The van der Waals surface area contributed by atoms with Crippen LogP contribution in [0, 0.1) is 0 Å². The lowest BCUT2D eigenvalue weighted by Crippen LogP contribution is -1.99. The van der Waals surface area contributed by atoms with Gasteiger partial charge in [-0.05, 0) is 53.6 Å². The lowest BCUT2D eigenvalue weighted by atomic mass is 10.0. The Bertz CT molecular complexity index is 964. The van der Waals surface area contributed by atoms with Gasteiger partial charge in [-0.1, -0.05) is 77.8 Å². The summed E-state index contributed by atoms with van der Waals surface area (Å²) >= 11 is 11.7. The highest BCUT2D eigenvalue weighted by Gasteiger charge is 2.07. The molecule has 0 bridgehead atoms. The normalized spacial score (nSPS) is 11.2. The van der Waals surface area contributed by atoms with Crippen molar-refractivity contribution in [2.75, 3.05) is 0 Å². The predicted octanol–water partition coefficient (Wildman–Crippen LogP) is 6.79. The zero-order valence-electron chi connectivity index (χ0n) is 14.8. The van der Waals surface area contributed by atoms with Crippen molar-refractivity contribution in [3.8, 4) is 0 Å². The van der Waals surface area contributed by atoms with Gasteiger partial charge in [0.25, 0.3) is 0 Å². The minimum Gasteiger partial charge on any atom is -0.289 e. The molecule has 138 valence electrons. The van der Waals surface area contributed by atoms with E-state index in [1.54, 1.807) is 60.7 Å². The minimum absolute atomic E-state index is 0.175. The van der Waals surface area contributed by atoms with Crippen molar-refractivity contribution in [1.82, 2.24) is 0 Å². The topological polar surface area (TPSA) is 34.1 Å². The molecule has 28 heavy (non-hydrogen) atoms. The lowest BCUT2D eigenvalue weighted by molar-refractivity contribution is 0.104.